The molecule has 18 heavy (non-hydrogen) atoms. The Morgan fingerprint density at radius 3 is 1.83 bits per heavy atom. The third kappa shape index (κ3) is 3.07. The van der Waals surface area contributed by atoms with E-state index in [1.165, 1.54) is 11.8 Å². The number of hydrogen-bond acceptors (Lipinski definition) is 2. The van der Waals surface area contributed by atoms with Crippen LogP contribution >= 0.6 is 11.8 Å². The minimum absolute atomic E-state index is 0.0370. The maximum absolute atomic E-state index is 13.3. The molecule has 0 aliphatic rings. The normalized spacial score (nSPS) is 12.6. The van der Waals surface area contributed by atoms with Crippen molar-refractivity contribution < 1.29 is 22.0 Å². The lowest BCUT2D eigenvalue weighted by molar-refractivity contribution is 0.381. The van der Waals surface area contributed by atoms with Gasteiger partial charge in [-0.25, -0.2) is 22.0 Å². The minimum atomic E-state index is -2.15. The Morgan fingerprint density at radius 2 is 1.39 bits per heavy atom. The smallest absolute Gasteiger partial charge is 0.200 e. The summed E-state index contributed by atoms with van der Waals surface area (Å²) in [5, 5.41) is 2.26. The largest absolute Gasteiger partial charge is 0.380 e. The molecular weight excluding hydrogens is 273 g/mol. The Labute approximate surface area is 106 Å². The molecule has 0 radical (unpaired) electrons. The van der Waals surface area contributed by atoms with Gasteiger partial charge in [-0.1, -0.05) is 6.92 Å². The van der Waals surface area contributed by atoms with Crippen molar-refractivity contribution in [2.75, 3.05) is 23.9 Å². The summed E-state index contributed by atoms with van der Waals surface area (Å²) >= 11 is 1.53. The van der Waals surface area contributed by atoms with Crippen molar-refractivity contribution in [2.45, 2.75) is 6.92 Å². The van der Waals surface area contributed by atoms with Crippen LogP contribution in [-0.4, -0.2) is 18.6 Å². The second kappa shape index (κ2) is 6.26. The fraction of sp³-hybridized carbons (Fsp3) is 0.455. The molecule has 0 amide bonds. The predicted octanol–water partition coefficient (Wildman–Crippen LogP) is 3.79. The number of benzene rings is 1. The highest BCUT2D eigenvalue weighted by molar-refractivity contribution is 7.98. The van der Waals surface area contributed by atoms with Crippen LogP contribution in [0.2, 0.25) is 0 Å². The van der Waals surface area contributed by atoms with Crippen LogP contribution in [0.1, 0.15) is 6.92 Å². The maximum atomic E-state index is 13.3. The van der Waals surface area contributed by atoms with Crippen LogP contribution in [-0.2, 0) is 0 Å². The predicted molar refractivity (Wildman–Crippen MR) is 62.3 cm³/mol. The van der Waals surface area contributed by atoms with Gasteiger partial charge in [0.05, 0.1) is 0 Å². The van der Waals surface area contributed by atoms with Crippen LogP contribution in [0.25, 0.3) is 0 Å². The molecule has 0 saturated carbocycles. The summed E-state index contributed by atoms with van der Waals surface area (Å²) in [6.45, 7) is 1.93. The van der Waals surface area contributed by atoms with Crippen molar-refractivity contribution in [3.05, 3.63) is 29.1 Å². The van der Waals surface area contributed by atoms with Crippen molar-refractivity contribution >= 4 is 17.4 Å². The van der Waals surface area contributed by atoms with E-state index in [2.05, 4.69) is 5.32 Å². The summed E-state index contributed by atoms with van der Waals surface area (Å²) in [5.74, 6) is -8.93. The molecule has 0 aliphatic carbocycles. The molecule has 0 bridgehead atoms. The third-order valence-electron chi connectivity index (χ3n) is 2.29. The highest BCUT2D eigenvalue weighted by Crippen LogP contribution is 2.27. The van der Waals surface area contributed by atoms with Crippen LogP contribution in [0.4, 0.5) is 27.6 Å². The van der Waals surface area contributed by atoms with Crippen molar-refractivity contribution in [2.24, 2.45) is 5.92 Å². The number of thioether (sulfide) groups is 1. The molecule has 0 fully saturated rings. The fourth-order valence-corrected chi connectivity index (χ4v) is 2.07. The standard InChI is InChI=1S/C11H12F5NS/c1-5(4-18-2)3-17-11-9(15)7(13)6(12)8(14)10(11)16/h5,17H,3-4H2,1-2H3. The molecule has 1 rings (SSSR count). The number of hydrogen-bond donors (Lipinski definition) is 1. The Hall–Kier alpha value is -0.980. The molecule has 102 valence electrons. The summed E-state index contributed by atoms with van der Waals surface area (Å²) in [7, 11) is 0. The second-order valence-corrected chi connectivity index (χ2v) is 4.80. The molecule has 1 atom stereocenters. The molecule has 7 heteroatoms. The molecule has 1 aromatic carbocycles. The molecule has 0 aromatic heterocycles. The van der Waals surface area contributed by atoms with E-state index in [1.54, 1.807) is 6.92 Å². The maximum Gasteiger partial charge on any atom is 0.200 e. The van der Waals surface area contributed by atoms with E-state index in [1.807, 2.05) is 6.26 Å². The molecule has 0 saturated heterocycles. The monoisotopic (exact) mass is 285 g/mol. The van der Waals surface area contributed by atoms with E-state index < -0.39 is 34.8 Å². The lowest BCUT2D eigenvalue weighted by Gasteiger charge is -2.14. The SMILES string of the molecule is CSCC(C)CNc1c(F)c(F)c(F)c(F)c1F. The molecule has 1 nitrogen and oxygen atoms in total. The van der Waals surface area contributed by atoms with Crippen LogP contribution < -0.4 is 5.32 Å². The zero-order valence-electron chi connectivity index (χ0n) is 9.79. The van der Waals surface area contributed by atoms with E-state index in [9.17, 15) is 22.0 Å². The zero-order chi connectivity index (χ0) is 13.9. The van der Waals surface area contributed by atoms with Gasteiger partial charge in [0.2, 0.25) is 5.82 Å². The molecular formula is C11H12F5NS. The van der Waals surface area contributed by atoms with Gasteiger partial charge in [-0.2, -0.15) is 11.8 Å². The first-order valence-corrected chi connectivity index (χ1v) is 6.53. The third-order valence-corrected chi connectivity index (χ3v) is 3.19. The van der Waals surface area contributed by atoms with Gasteiger partial charge < -0.3 is 5.32 Å². The lowest BCUT2D eigenvalue weighted by Crippen LogP contribution is -2.17. The first kappa shape index (κ1) is 15.1. The number of nitrogens with one attached hydrogen (secondary N) is 1. The van der Waals surface area contributed by atoms with Gasteiger partial charge in [0.15, 0.2) is 23.3 Å². The Balaban J connectivity index is 2.96. The average molecular weight is 285 g/mol. The summed E-state index contributed by atoms with van der Waals surface area (Å²) in [6, 6.07) is 0. The van der Waals surface area contributed by atoms with E-state index in [0.717, 1.165) is 0 Å². The van der Waals surface area contributed by atoms with Crippen molar-refractivity contribution in [1.82, 2.24) is 0 Å². The van der Waals surface area contributed by atoms with E-state index in [-0.39, 0.29) is 12.5 Å². The first-order chi connectivity index (χ1) is 8.40. The van der Waals surface area contributed by atoms with Crippen LogP contribution in [0.5, 0.6) is 0 Å². The quantitative estimate of drug-likeness (QED) is 0.502. The molecule has 0 spiro atoms. The van der Waals surface area contributed by atoms with Gasteiger partial charge in [0.1, 0.15) is 5.69 Å². The van der Waals surface area contributed by atoms with E-state index in [0.29, 0.717) is 5.75 Å². The number of rotatable bonds is 5. The van der Waals surface area contributed by atoms with Crippen molar-refractivity contribution in [1.29, 1.82) is 0 Å². The summed E-state index contributed by atoms with van der Waals surface area (Å²) < 4.78 is 65.0. The van der Waals surface area contributed by atoms with Crippen molar-refractivity contribution in [3.63, 3.8) is 0 Å². The minimum Gasteiger partial charge on any atom is -0.380 e. The zero-order valence-corrected chi connectivity index (χ0v) is 10.6. The highest BCUT2D eigenvalue weighted by Gasteiger charge is 2.25. The second-order valence-electron chi connectivity index (χ2n) is 3.89. The molecule has 0 heterocycles. The molecule has 1 N–H and O–H groups in total. The van der Waals surface area contributed by atoms with Crippen LogP contribution in [0.15, 0.2) is 0 Å². The summed E-state index contributed by atoms with van der Waals surface area (Å²) in [6.07, 6.45) is 1.86. The van der Waals surface area contributed by atoms with Crippen molar-refractivity contribution in [3.8, 4) is 0 Å². The van der Waals surface area contributed by atoms with Crippen LogP contribution in [0.3, 0.4) is 0 Å². The fourth-order valence-electron chi connectivity index (χ4n) is 1.38. The van der Waals surface area contributed by atoms with Gasteiger partial charge in [-0.15, -0.1) is 0 Å². The van der Waals surface area contributed by atoms with Gasteiger partial charge in [0, 0.05) is 6.54 Å². The summed E-state index contributed by atoms with van der Waals surface area (Å²) in [4.78, 5) is 0. The van der Waals surface area contributed by atoms with Gasteiger partial charge in [0.25, 0.3) is 0 Å². The summed E-state index contributed by atoms with van der Waals surface area (Å²) in [5.41, 5.74) is -0.973. The lowest BCUT2D eigenvalue weighted by atomic mass is 10.2. The van der Waals surface area contributed by atoms with Gasteiger partial charge in [-0.05, 0) is 17.9 Å². The first-order valence-electron chi connectivity index (χ1n) is 5.14. The van der Waals surface area contributed by atoms with E-state index in [4.69, 9.17) is 0 Å². The Kier molecular flexibility index (Phi) is 5.25. The number of anilines is 1. The van der Waals surface area contributed by atoms with Gasteiger partial charge >= 0.3 is 0 Å². The molecule has 1 unspecified atom stereocenters. The molecule has 0 aliphatic heterocycles. The van der Waals surface area contributed by atoms with Crippen LogP contribution in [0, 0.1) is 35.0 Å². The van der Waals surface area contributed by atoms with Gasteiger partial charge in [-0.3, -0.25) is 0 Å². The average Bonchev–Trinajstić information content (AvgIpc) is 2.34. The Morgan fingerprint density at radius 1 is 0.944 bits per heavy atom. The van der Waals surface area contributed by atoms with E-state index >= 15 is 0 Å². The topological polar surface area (TPSA) is 12.0 Å². The highest BCUT2D eigenvalue weighted by atomic mass is 32.2. The number of halogens is 5. The molecule has 1 aromatic rings. The Bertz CT molecular complexity index is 409.